The largest absolute Gasteiger partial charge is 0.333 e. The maximum absolute atomic E-state index is 12.9. The Labute approximate surface area is 163 Å². The first-order valence-electron chi connectivity index (χ1n) is 9.00. The number of hydrogen-bond acceptors (Lipinski definition) is 6. The summed E-state index contributed by atoms with van der Waals surface area (Å²) in [4.78, 5) is 35.4. The van der Waals surface area contributed by atoms with Gasteiger partial charge in [-0.25, -0.2) is 4.98 Å². The number of aromatic nitrogens is 2. The maximum atomic E-state index is 12.9. The van der Waals surface area contributed by atoms with Gasteiger partial charge in [-0.15, -0.1) is 11.3 Å². The van der Waals surface area contributed by atoms with Crippen LogP contribution in [0.2, 0.25) is 0 Å². The van der Waals surface area contributed by atoms with E-state index in [9.17, 15) is 9.59 Å². The summed E-state index contributed by atoms with van der Waals surface area (Å²) < 4.78 is 0. The molecular weight excluding hydrogens is 362 g/mol. The summed E-state index contributed by atoms with van der Waals surface area (Å²) in [5, 5.41) is 8.51. The maximum Gasteiger partial charge on any atom is 0.231 e. The van der Waals surface area contributed by atoms with Gasteiger partial charge in [0, 0.05) is 42.8 Å². The van der Waals surface area contributed by atoms with Crippen LogP contribution in [0.25, 0.3) is 0 Å². The van der Waals surface area contributed by atoms with Crippen molar-refractivity contribution in [3.63, 3.8) is 0 Å². The summed E-state index contributed by atoms with van der Waals surface area (Å²) in [5.41, 5.74) is 1.21. The lowest BCUT2D eigenvalue weighted by molar-refractivity contribution is -0.133. The number of carbonyl (C=O) groups is 2. The smallest absolute Gasteiger partial charge is 0.231 e. The lowest BCUT2D eigenvalue weighted by Gasteiger charge is -2.36. The van der Waals surface area contributed by atoms with Crippen LogP contribution in [0.5, 0.6) is 0 Å². The van der Waals surface area contributed by atoms with Crippen LogP contribution in [-0.4, -0.2) is 46.3 Å². The van der Waals surface area contributed by atoms with Gasteiger partial charge < -0.3 is 15.5 Å². The minimum atomic E-state index is -0.487. The van der Waals surface area contributed by atoms with Gasteiger partial charge in [-0.2, -0.15) is 0 Å². The SMILES string of the molecule is CC(C)(C)C(=O)Nc1nc(CC(=O)N2CCNCC2c2cccnc2)cs1. The summed E-state index contributed by atoms with van der Waals surface area (Å²) in [6.07, 6.45) is 3.76. The average Bonchev–Trinajstić information content (AvgIpc) is 3.08. The number of thiazole rings is 1. The van der Waals surface area contributed by atoms with Crippen molar-refractivity contribution < 1.29 is 9.59 Å². The summed E-state index contributed by atoms with van der Waals surface area (Å²) in [6, 6.07) is 3.85. The molecule has 0 bridgehead atoms. The summed E-state index contributed by atoms with van der Waals surface area (Å²) in [7, 11) is 0. The molecule has 2 N–H and O–H groups in total. The molecule has 1 unspecified atom stereocenters. The highest BCUT2D eigenvalue weighted by molar-refractivity contribution is 7.13. The molecule has 1 aliphatic heterocycles. The molecule has 3 rings (SSSR count). The van der Waals surface area contributed by atoms with Crippen molar-refractivity contribution in [3.05, 3.63) is 41.2 Å². The van der Waals surface area contributed by atoms with E-state index in [4.69, 9.17) is 0 Å². The quantitative estimate of drug-likeness (QED) is 0.840. The van der Waals surface area contributed by atoms with Crippen LogP contribution in [0, 0.1) is 5.41 Å². The highest BCUT2D eigenvalue weighted by atomic mass is 32.1. The molecule has 0 aromatic carbocycles. The third-order valence-corrected chi connectivity index (χ3v) is 5.23. The minimum absolute atomic E-state index is 0.0290. The Balaban J connectivity index is 1.66. The fraction of sp³-hybridized carbons (Fsp3) is 0.474. The van der Waals surface area contributed by atoms with Gasteiger partial charge in [-0.1, -0.05) is 26.8 Å². The molecular formula is C19H25N5O2S. The standard InChI is InChI=1S/C19H25N5O2S/c1-19(2,3)17(26)23-18-22-14(12-27-18)9-16(25)24-8-7-21-11-15(24)13-5-4-6-20-10-13/h4-6,10,12,15,21H,7-9,11H2,1-3H3,(H,22,23,26). The molecule has 1 fully saturated rings. The van der Waals surface area contributed by atoms with Gasteiger partial charge in [-0.3, -0.25) is 14.6 Å². The molecule has 0 aliphatic carbocycles. The molecule has 144 valence electrons. The van der Waals surface area contributed by atoms with Crippen molar-refractivity contribution in [2.24, 2.45) is 5.41 Å². The number of hydrogen-bond donors (Lipinski definition) is 2. The third-order valence-electron chi connectivity index (χ3n) is 4.42. The van der Waals surface area contributed by atoms with Crippen molar-refractivity contribution in [3.8, 4) is 0 Å². The van der Waals surface area contributed by atoms with Crippen molar-refractivity contribution in [1.82, 2.24) is 20.2 Å². The summed E-state index contributed by atoms with van der Waals surface area (Å²) in [5.74, 6) is -0.0576. The molecule has 7 nitrogen and oxygen atoms in total. The molecule has 8 heteroatoms. The number of nitrogens with zero attached hydrogens (tertiary/aromatic N) is 3. The van der Waals surface area contributed by atoms with Crippen LogP contribution in [0.4, 0.5) is 5.13 Å². The van der Waals surface area contributed by atoms with E-state index in [0.717, 1.165) is 12.1 Å². The van der Waals surface area contributed by atoms with Crippen LogP contribution >= 0.6 is 11.3 Å². The number of pyridine rings is 1. The van der Waals surface area contributed by atoms with Gasteiger partial charge in [0.05, 0.1) is 18.2 Å². The lowest BCUT2D eigenvalue weighted by atomic mass is 9.96. The summed E-state index contributed by atoms with van der Waals surface area (Å²) >= 11 is 1.34. The molecule has 0 saturated carbocycles. The number of carbonyl (C=O) groups excluding carboxylic acids is 2. The van der Waals surface area contributed by atoms with Gasteiger partial charge in [0.25, 0.3) is 0 Å². The number of amides is 2. The number of rotatable bonds is 4. The van der Waals surface area contributed by atoms with Crippen LogP contribution in [0.3, 0.4) is 0 Å². The van der Waals surface area contributed by atoms with Crippen LogP contribution in [0.1, 0.15) is 38.1 Å². The average molecular weight is 388 g/mol. The van der Waals surface area contributed by atoms with Gasteiger partial charge >= 0.3 is 0 Å². The molecule has 3 heterocycles. The zero-order chi connectivity index (χ0) is 19.4. The Bertz CT molecular complexity index is 800. The fourth-order valence-electron chi connectivity index (χ4n) is 2.86. The lowest BCUT2D eigenvalue weighted by Crippen LogP contribution is -2.49. The summed E-state index contributed by atoms with van der Waals surface area (Å²) in [6.45, 7) is 7.68. The molecule has 1 aliphatic rings. The molecule has 2 amide bonds. The Kier molecular flexibility index (Phi) is 5.86. The van der Waals surface area contributed by atoms with Crippen LogP contribution < -0.4 is 10.6 Å². The molecule has 0 spiro atoms. The Hall–Kier alpha value is -2.32. The van der Waals surface area contributed by atoms with E-state index in [1.807, 2.05) is 43.2 Å². The number of nitrogens with one attached hydrogen (secondary N) is 2. The second-order valence-corrected chi connectivity index (χ2v) is 8.48. The van der Waals surface area contributed by atoms with E-state index >= 15 is 0 Å². The predicted octanol–water partition coefficient (Wildman–Crippen LogP) is 2.24. The van der Waals surface area contributed by atoms with E-state index in [0.29, 0.717) is 23.9 Å². The fourth-order valence-corrected chi connectivity index (χ4v) is 3.57. The molecule has 2 aromatic rings. The van der Waals surface area contributed by atoms with Gasteiger partial charge in [0.2, 0.25) is 11.8 Å². The molecule has 1 atom stereocenters. The zero-order valence-electron chi connectivity index (χ0n) is 15.9. The van der Waals surface area contributed by atoms with E-state index < -0.39 is 5.41 Å². The molecule has 2 aromatic heterocycles. The van der Waals surface area contributed by atoms with Gasteiger partial charge in [0.15, 0.2) is 5.13 Å². The Morgan fingerprint density at radius 2 is 2.22 bits per heavy atom. The Morgan fingerprint density at radius 1 is 1.41 bits per heavy atom. The van der Waals surface area contributed by atoms with Crippen molar-refractivity contribution in [2.45, 2.75) is 33.2 Å². The molecule has 27 heavy (non-hydrogen) atoms. The number of anilines is 1. The van der Waals surface area contributed by atoms with Gasteiger partial charge in [0.1, 0.15) is 0 Å². The highest BCUT2D eigenvalue weighted by Crippen LogP contribution is 2.24. The van der Waals surface area contributed by atoms with Crippen LogP contribution in [-0.2, 0) is 16.0 Å². The second kappa shape index (κ2) is 8.14. The van der Waals surface area contributed by atoms with Crippen molar-refractivity contribution in [1.29, 1.82) is 0 Å². The molecule has 0 radical (unpaired) electrons. The first kappa shape index (κ1) is 19.4. The number of piperazine rings is 1. The van der Waals surface area contributed by atoms with E-state index in [1.165, 1.54) is 11.3 Å². The van der Waals surface area contributed by atoms with Crippen molar-refractivity contribution >= 4 is 28.3 Å². The zero-order valence-corrected chi connectivity index (χ0v) is 16.7. The van der Waals surface area contributed by atoms with Crippen molar-refractivity contribution in [2.75, 3.05) is 25.0 Å². The second-order valence-electron chi connectivity index (χ2n) is 7.62. The first-order valence-corrected chi connectivity index (χ1v) is 9.88. The Morgan fingerprint density at radius 3 is 2.93 bits per heavy atom. The van der Waals surface area contributed by atoms with E-state index in [1.54, 1.807) is 12.4 Å². The van der Waals surface area contributed by atoms with E-state index in [2.05, 4.69) is 20.6 Å². The van der Waals surface area contributed by atoms with E-state index in [-0.39, 0.29) is 24.3 Å². The highest BCUT2D eigenvalue weighted by Gasteiger charge is 2.28. The predicted molar refractivity (Wildman–Crippen MR) is 105 cm³/mol. The van der Waals surface area contributed by atoms with Gasteiger partial charge in [-0.05, 0) is 11.6 Å². The minimum Gasteiger partial charge on any atom is -0.333 e. The molecule has 1 saturated heterocycles. The monoisotopic (exact) mass is 387 g/mol. The van der Waals surface area contributed by atoms with Crippen LogP contribution in [0.15, 0.2) is 29.9 Å². The first-order chi connectivity index (χ1) is 12.8. The topological polar surface area (TPSA) is 87.2 Å². The normalized spacial score (nSPS) is 17.6. The third kappa shape index (κ3) is 4.90.